The lowest BCUT2D eigenvalue weighted by Gasteiger charge is -2.23. The number of ether oxygens (including phenoxy) is 1. The molecular formula is C14H20BN5O3S. The van der Waals surface area contributed by atoms with Crippen molar-refractivity contribution in [1.82, 2.24) is 14.3 Å². The molecule has 0 amide bonds. The van der Waals surface area contributed by atoms with Crippen molar-refractivity contribution in [1.29, 1.82) is 0 Å². The first-order valence-corrected chi connectivity index (χ1v) is 9.39. The van der Waals surface area contributed by atoms with E-state index in [1.54, 1.807) is 0 Å². The molecule has 1 aliphatic heterocycles. The zero-order valence-electron chi connectivity index (χ0n) is 13.6. The number of hydrogen-bond acceptors (Lipinski definition) is 6. The van der Waals surface area contributed by atoms with E-state index in [4.69, 9.17) is 9.88 Å². The van der Waals surface area contributed by atoms with Gasteiger partial charge in [0.1, 0.15) is 17.9 Å². The lowest BCUT2D eigenvalue weighted by Crippen LogP contribution is -2.39. The molecule has 1 fully saturated rings. The van der Waals surface area contributed by atoms with Crippen molar-refractivity contribution in [2.75, 3.05) is 37.6 Å². The predicted molar refractivity (Wildman–Crippen MR) is 95.1 cm³/mol. The number of rotatable bonds is 4. The molecule has 8 nitrogen and oxygen atoms in total. The minimum atomic E-state index is -3.65. The molecule has 0 saturated carbocycles. The molecular weight excluding hydrogens is 329 g/mol. The van der Waals surface area contributed by atoms with Crippen molar-refractivity contribution in [2.45, 2.75) is 6.42 Å². The first-order valence-electron chi connectivity index (χ1n) is 7.89. The summed E-state index contributed by atoms with van der Waals surface area (Å²) in [6, 6.07) is 5.73. The molecule has 2 aromatic rings. The maximum atomic E-state index is 11.5. The van der Waals surface area contributed by atoms with Gasteiger partial charge in [0, 0.05) is 37.6 Å². The van der Waals surface area contributed by atoms with Crippen LogP contribution in [0.5, 0.6) is 5.75 Å². The van der Waals surface area contributed by atoms with E-state index in [0.29, 0.717) is 39.1 Å². The van der Waals surface area contributed by atoms with E-state index in [0.717, 1.165) is 22.5 Å². The molecule has 128 valence electrons. The summed E-state index contributed by atoms with van der Waals surface area (Å²) >= 11 is 0. The molecule has 2 N–H and O–H groups in total. The highest BCUT2D eigenvalue weighted by atomic mass is 32.2. The van der Waals surface area contributed by atoms with Gasteiger partial charge in [-0.05, 0) is 18.6 Å². The highest BCUT2D eigenvalue weighted by Gasteiger charge is 2.23. The molecule has 1 aliphatic rings. The average molecular weight is 349 g/mol. The summed E-state index contributed by atoms with van der Waals surface area (Å²) in [5.41, 5.74) is 0.804. The van der Waals surface area contributed by atoms with Crippen LogP contribution >= 0.6 is 0 Å². The Labute approximate surface area is 142 Å². The van der Waals surface area contributed by atoms with E-state index in [1.807, 2.05) is 26.0 Å². The van der Waals surface area contributed by atoms with E-state index in [1.165, 1.54) is 10.6 Å². The van der Waals surface area contributed by atoms with E-state index in [2.05, 4.69) is 14.9 Å². The third-order valence-corrected chi connectivity index (χ3v) is 5.10. The van der Waals surface area contributed by atoms with Gasteiger partial charge in [-0.2, -0.15) is 12.7 Å². The molecule has 24 heavy (non-hydrogen) atoms. The summed E-state index contributed by atoms with van der Waals surface area (Å²) in [7, 11) is -1.72. The monoisotopic (exact) mass is 349 g/mol. The highest BCUT2D eigenvalue weighted by molar-refractivity contribution is 7.86. The Balaban J connectivity index is 1.89. The van der Waals surface area contributed by atoms with Crippen molar-refractivity contribution in [3.8, 4) is 5.75 Å². The maximum Gasteiger partial charge on any atom is 0.276 e. The molecule has 0 spiro atoms. The van der Waals surface area contributed by atoms with Crippen LogP contribution in [0, 0.1) is 0 Å². The molecule has 2 heterocycles. The Kier molecular flexibility index (Phi) is 4.88. The quantitative estimate of drug-likeness (QED) is 0.734. The average Bonchev–Trinajstić information content (AvgIpc) is 2.80. The maximum absolute atomic E-state index is 11.5. The Morgan fingerprint density at radius 2 is 2.04 bits per heavy atom. The first-order chi connectivity index (χ1) is 11.5. The van der Waals surface area contributed by atoms with Crippen LogP contribution in [0.2, 0.25) is 0 Å². The number of hydrogen-bond donors (Lipinski definition) is 1. The largest absolute Gasteiger partial charge is 0.503 e. The fourth-order valence-electron chi connectivity index (χ4n) is 2.89. The van der Waals surface area contributed by atoms with Crippen molar-refractivity contribution < 1.29 is 13.2 Å². The van der Waals surface area contributed by atoms with Gasteiger partial charge in [-0.25, -0.2) is 15.1 Å². The molecule has 0 aliphatic carbocycles. The standard InChI is InChI=1S/C14H20BN5O3S/c15-9-23-11-2-3-12-13(8-11)17-10-18-14(12)19-4-1-5-20(7-6-19)24(16,21)22/h2-3,8,10H,1,4-7,9,15H2,(H2,16,21,22). The van der Waals surface area contributed by atoms with Gasteiger partial charge in [0.2, 0.25) is 0 Å². The zero-order chi connectivity index (χ0) is 17.2. The number of nitrogens with zero attached hydrogens (tertiary/aromatic N) is 4. The number of anilines is 1. The van der Waals surface area contributed by atoms with Crippen molar-refractivity contribution >= 4 is 34.8 Å². The SMILES string of the molecule is BCOc1ccc2c(N3CCCN(S(N)(=O)=O)CC3)ncnc2c1. The molecule has 10 heteroatoms. The van der Waals surface area contributed by atoms with Gasteiger partial charge < -0.3 is 9.64 Å². The number of benzene rings is 1. The van der Waals surface area contributed by atoms with Gasteiger partial charge >= 0.3 is 0 Å². The van der Waals surface area contributed by atoms with Gasteiger partial charge in [0.05, 0.1) is 12.0 Å². The molecule has 1 saturated heterocycles. The van der Waals surface area contributed by atoms with Gasteiger partial charge in [0.15, 0.2) is 7.85 Å². The van der Waals surface area contributed by atoms with Crippen LogP contribution in [0.1, 0.15) is 6.42 Å². The molecule has 1 aromatic heterocycles. The van der Waals surface area contributed by atoms with Crippen molar-refractivity contribution in [2.24, 2.45) is 5.14 Å². The lowest BCUT2D eigenvalue weighted by atomic mass is 10.2. The predicted octanol–water partition coefficient (Wildman–Crippen LogP) is -0.685. The second kappa shape index (κ2) is 6.92. The lowest BCUT2D eigenvalue weighted by molar-refractivity contribution is 0.388. The summed E-state index contributed by atoms with van der Waals surface area (Å²) in [4.78, 5) is 10.8. The minimum absolute atomic E-state index is 0.349. The second-order valence-electron chi connectivity index (χ2n) is 5.59. The number of aromatic nitrogens is 2. The van der Waals surface area contributed by atoms with Crippen LogP contribution < -0.4 is 14.8 Å². The van der Waals surface area contributed by atoms with Crippen LogP contribution in [0.4, 0.5) is 5.82 Å². The fourth-order valence-corrected chi connectivity index (χ4v) is 3.61. The summed E-state index contributed by atoms with van der Waals surface area (Å²) in [5, 5.41) is 6.16. The Bertz CT molecular complexity index is 832. The summed E-state index contributed by atoms with van der Waals surface area (Å²) in [6.45, 7) is 2.62. The molecule has 0 atom stereocenters. The topological polar surface area (TPSA) is 102 Å². The van der Waals surface area contributed by atoms with Crippen LogP contribution in [-0.4, -0.2) is 63.2 Å². The smallest absolute Gasteiger partial charge is 0.276 e. The van der Waals surface area contributed by atoms with E-state index < -0.39 is 10.2 Å². The summed E-state index contributed by atoms with van der Waals surface area (Å²) in [6.07, 6.45) is 2.22. The van der Waals surface area contributed by atoms with E-state index in [9.17, 15) is 8.42 Å². The minimum Gasteiger partial charge on any atom is -0.503 e. The molecule has 0 radical (unpaired) electrons. The zero-order valence-corrected chi connectivity index (χ0v) is 14.4. The molecule has 0 unspecified atom stereocenters. The molecule has 0 bridgehead atoms. The van der Waals surface area contributed by atoms with Gasteiger partial charge in [-0.1, -0.05) is 0 Å². The van der Waals surface area contributed by atoms with Crippen LogP contribution in [-0.2, 0) is 10.2 Å². The van der Waals surface area contributed by atoms with Crippen LogP contribution in [0.3, 0.4) is 0 Å². The van der Waals surface area contributed by atoms with Gasteiger partial charge in [-0.15, -0.1) is 0 Å². The van der Waals surface area contributed by atoms with Gasteiger partial charge in [0.25, 0.3) is 10.2 Å². The van der Waals surface area contributed by atoms with Gasteiger partial charge in [-0.3, -0.25) is 0 Å². The highest BCUT2D eigenvalue weighted by Crippen LogP contribution is 2.27. The number of fused-ring (bicyclic) bond motifs is 1. The third kappa shape index (κ3) is 3.60. The van der Waals surface area contributed by atoms with Crippen LogP contribution in [0.15, 0.2) is 24.5 Å². The molecule has 1 aromatic carbocycles. The van der Waals surface area contributed by atoms with Crippen molar-refractivity contribution in [3.63, 3.8) is 0 Å². The third-order valence-electron chi connectivity index (χ3n) is 4.01. The summed E-state index contributed by atoms with van der Waals surface area (Å²) in [5.74, 6) is 1.57. The normalized spacial score (nSPS) is 17.0. The van der Waals surface area contributed by atoms with E-state index in [-0.39, 0.29) is 0 Å². The van der Waals surface area contributed by atoms with Crippen LogP contribution in [0.25, 0.3) is 10.9 Å². The Morgan fingerprint density at radius 3 is 2.79 bits per heavy atom. The van der Waals surface area contributed by atoms with E-state index >= 15 is 0 Å². The summed E-state index contributed by atoms with van der Waals surface area (Å²) < 4.78 is 29.9. The fraction of sp³-hybridized carbons (Fsp3) is 0.429. The second-order valence-corrected chi connectivity index (χ2v) is 7.14. The Hall–Kier alpha value is -1.91. The van der Waals surface area contributed by atoms with Crippen molar-refractivity contribution in [3.05, 3.63) is 24.5 Å². The first kappa shape index (κ1) is 16.9. The Morgan fingerprint density at radius 1 is 1.21 bits per heavy atom. The number of nitrogens with two attached hydrogens (primary N) is 1. The molecule has 3 rings (SSSR count).